The Labute approximate surface area is 197 Å². The minimum absolute atomic E-state index is 0.00129. The third kappa shape index (κ3) is 5.44. The van der Waals surface area contributed by atoms with Gasteiger partial charge in [-0.15, -0.1) is 0 Å². The van der Waals surface area contributed by atoms with Gasteiger partial charge >= 0.3 is 5.97 Å². The quantitative estimate of drug-likeness (QED) is 0.355. The SMILES string of the molecule is CCOC(=O)c1ccn([C@H](C)COC)c1[C@@H](Nc1ccc(F)c(Cl)c1)c1ccc(Cl)cc1. The van der Waals surface area contributed by atoms with Crippen LogP contribution in [0.2, 0.25) is 10.0 Å². The minimum atomic E-state index is -0.510. The molecule has 2 aromatic carbocycles. The van der Waals surface area contributed by atoms with Gasteiger partial charge in [0.1, 0.15) is 5.82 Å². The van der Waals surface area contributed by atoms with Crippen LogP contribution in [0, 0.1) is 5.82 Å². The molecule has 0 saturated heterocycles. The molecule has 0 saturated carbocycles. The van der Waals surface area contributed by atoms with Gasteiger partial charge in [-0.2, -0.15) is 0 Å². The third-order valence-corrected chi connectivity index (χ3v) is 5.58. The van der Waals surface area contributed by atoms with Crippen LogP contribution in [0.1, 0.15) is 47.5 Å². The standard InChI is InChI=1S/C24H25Cl2FN2O3/c1-4-32-24(30)19-11-12-29(15(2)14-31-3)23(19)22(16-5-7-17(25)8-6-16)28-18-9-10-21(27)20(26)13-18/h5-13,15,22,28H,4,14H2,1-3H3/t15-,22+/m1/s1. The topological polar surface area (TPSA) is 52.5 Å². The molecule has 8 heteroatoms. The van der Waals surface area contributed by atoms with Crippen LogP contribution in [-0.4, -0.2) is 30.9 Å². The number of nitrogens with zero attached hydrogens (tertiary/aromatic N) is 1. The fraction of sp³-hybridized carbons (Fsp3) is 0.292. The first kappa shape index (κ1) is 24.1. The molecule has 170 valence electrons. The van der Waals surface area contributed by atoms with E-state index >= 15 is 0 Å². The molecule has 0 aliphatic rings. The zero-order valence-corrected chi connectivity index (χ0v) is 19.6. The van der Waals surface area contributed by atoms with Crippen LogP contribution >= 0.6 is 23.2 Å². The van der Waals surface area contributed by atoms with E-state index in [2.05, 4.69) is 5.32 Å². The lowest BCUT2D eigenvalue weighted by Gasteiger charge is -2.26. The Kier molecular flexibility index (Phi) is 8.18. The first-order valence-corrected chi connectivity index (χ1v) is 10.9. The maximum absolute atomic E-state index is 13.7. The lowest BCUT2D eigenvalue weighted by Crippen LogP contribution is -2.23. The number of carbonyl (C=O) groups excluding carboxylic acids is 1. The van der Waals surface area contributed by atoms with E-state index in [0.29, 0.717) is 28.6 Å². The lowest BCUT2D eigenvalue weighted by molar-refractivity contribution is 0.0524. The zero-order chi connectivity index (χ0) is 23.3. The number of nitrogens with one attached hydrogen (secondary N) is 1. The average molecular weight is 479 g/mol. The number of hydrogen-bond donors (Lipinski definition) is 1. The van der Waals surface area contributed by atoms with Crippen LogP contribution in [-0.2, 0) is 9.47 Å². The molecule has 1 heterocycles. The Balaban J connectivity index is 2.17. The van der Waals surface area contributed by atoms with Crippen LogP contribution in [0.15, 0.2) is 54.7 Å². The number of esters is 1. The Morgan fingerprint density at radius 3 is 2.50 bits per heavy atom. The monoisotopic (exact) mass is 478 g/mol. The second kappa shape index (κ2) is 10.9. The van der Waals surface area contributed by atoms with E-state index in [9.17, 15) is 9.18 Å². The highest BCUT2D eigenvalue weighted by molar-refractivity contribution is 6.31. The molecule has 0 bridgehead atoms. The van der Waals surface area contributed by atoms with Crippen molar-refractivity contribution in [2.24, 2.45) is 0 Å². The Hall–Kier alpha value is -2.54. The summed E-state index contributed by atoms with van der Waals surface area (Å²) < 4.78 is 26.4. The van der Waals surface area contributed by atoms with E-state index in [1.54, 1.807) is 38.3 Å². The number of aromatic nitrogens is 1. The molecule has 0 spiro atoms. The summed E-state index contributed by atoms with van der Waals surface area (Å²) in [4.78, 5) is 12.8. The van der Waals surface area contributed by atoms with Gasteiger partial charge in [0.25, 0.3) is 0 Å². The van der Waals surface area contributed by atoms with Crippen molar-refractivity contribution in [2.75, 3.05) is 25.6 Å². The molecule has 3 rings (SSSR count). The lowest BCUT2D eigenvalue weighted by atomic mass is 9.99. The number of hydrogen-bond acceptors (Lipinski definition) is 4. The molecule has 0 fully saturated rings. The fourth-order valence-electron chi connectivity index (χ4n) is 3.57. The molecule has 2 atom stereocenters. The number of benzene rings is 2. The van der Waals surface area contributed by atoms with Gasteiger partial charge in [0.2, 0.25) is 0 Å². The summed E-state index contributed by atoms with van der Waals surface area (Å²) in [6.45, 7) is 4.45. The van der Waals surface area contributed by atoms with Gasteiger partial charge in [0.05, 0.1) is 41.6 Å². The second-order valence-corrected chi connectivity index (χ2v) is 8.15. The largest absolute Gasteiger partial charge is 0.462 e. The number of ether oxygens (including phenoxy) is 2. The fourth-order valence-corrected chi connectivity index (χ4v) is 3.88. The van der Waals surface area contributed by atoms with Gasteiger partial charge in [-0.05, 0) is 55.8 Å². The molecular weight excluding hydrogens is 454 g/mol. The number of anilines is 1. The maximum Gasteiger partial charge on any atom is 0.340 e. The second-order valence-electron chi connectivity index (χ2n) is 7.30. The molecule has 0 aliphatic heterocycles. The molecule has 3 aromatic rings. The smallest absolute Gasteiger partial charge is 0.340 e. The number of methoxy groups -OCH3 is 1. The highest BCUT2D eigenvalue weighted by atomic mass is 35.5. The van der Waals surface area contributed by atoms with Gasteiger partial charge in [0, 0.05) is 24.0 Å². The van der Waals surface area contributed by atoms with Crippen LogP contribution in [0.5, 0.6) is 0 Å². The third-order valence-electron chi connectivity index (χ3n) is 5.04. The normalized spacial score (nSPS) is 12.9. The molecule has 32 heavy (non-hydrogen) atoms. The van der Waals surface area contributed by atoms with Crippen molar-refractivity contribution < 1.29 is 18.7 Å². The van der Waals surface area contributed by atoms with E-state index < -0.39 is 17.8 Å². The van der Waals surface area contributed by atoms with Crippen molar-refractivity contribution in [3.8, 4) is 0 Å². The molecule has 0 unspecified atom stereocenters. The summed E-state index contributed by atoms with van der Waals surface area (Å²) in [5.41, 5.74) is 2.56. The molecule has 5 nitrogen and oxygen atoms in total. The summed E-state index contributed by atoms with van der Waals surface area (Å²) >= 11 is 12.1. The van der Waals surface area contributed by atoms with Gasteiger partial charge in [-0.1, -0.05) is 35.3 Å². The van der Waals surface area contributed by atoms with Gasteiger partial charge in [0.15, 0.2) is 0 Å². The zero-order valence-electron chi connectivity index (χ0n) is 18.1. The summed E-state index contributed by atoms with van der Waals surface area (Å²) in [5, 5.41) is 3.98. The molecule has 0 aliphatic carbocycles. The molecular formula is C24H25Cl2FN2O3. The van der Waals surface area contributed by atoms with E-state index in [1.165, 1.54) is 12.1 Å². The molecule has 1 aromatic heterocycles. The summed E-state index contributed by atoms with van der Waals surface area (Å²) in [7, 11) is 1.63. The summed E-state index contributed by atoms with van der Waals surface area (Å²) in [6.07, 6.45) is 1.84. The highest BCUT2D eigenvalue weighted by Gasteiger charge is 2.28. The van der Waals surface area contributed by atoms with E-state index in [1.807, 2.05) is 29.8 Å². The number of rotatable bonds is 9. The van der Waals surface area contributed by atoms with Gasteiger partial charge < -0.3 is 19.4 Å². The predicted molar refractivity (Wildman–Crippen MR) is 125 cm³/mol. The average Bonchev–Trinajstić information content (AvgIpc) is 3.21. The minimum Gasteiger partial charge on any atom is -0.462 e. The van der Waals surface area contributed by atoms with Crippen molar-refractivity contribution in [1.29, 1.82) is 0 Å². The highest BCUT2D eigenvalue weighted by Crippen LogP contribution is 2.34. The van der Waals surface area contributed by atoms with Crippen molar-refractivity contribution in [2.45, 2.75) is 25.9 Å². The van der Waals surface area contributed by atoms with Crippen molar-refractivity contribution in [1.82, 2.24) is 4.57 Å². The van der Waals surface area contributed by atoms with E-state index in [-0.39, 0.29) is 17.7 Å². The molecule has 1 N–H and O–H groups in total. The maximum atomic E-state index is 13.7. The Morgan fingerprint density at radius 2 is 1.88 bits per heavy atom. The first-order chi connectivity index (χ1) is 15.3. The molecule has 0 amide bonds. The van der Waals surface area contributed by atoms with Crippen LogP contribution in [0.4, 0.5) is 10.1 Å². The first-order valence-electron chi connectivity index (χ1n) is 10.2. The molecule has 0 radical (unpaired) electrons. The van der Waals surface area contributed by atoms with Crippen molar-refractivity contribution in [3.63, 3.8) is 0 Å². The van der Waals surface area contributed by atoms with Crippen LogP contribution < -0.4 is 5.32 Å². The van der Waals surface area contributed by atoms with Gasteiger partial charge in [-0.3, -0.25) is 0 Å². The summed E-state index contributed by atoms with van der Waals surface area (Å²) in [6, 6.07) is 12.9. The van der Waals surface area contributed by atoms with E-state index in [4.69, 9.17) is 32.7 Å². The van der Waals surface area contributed by atoms with E-state index in [0.717, 1.165) is 5.56 Å². The van der Waals surface area contributed by atoms with Crippen LogP contribution in [0.25, 0.3) is 0 Å². The number of carbonyl (C=O) groups is 1. The van der Waals surface area contributed by atoms with Crippen molar-refractivity contribution in [3.05, 3.63) is 87.4 Å². The van der Waals surface area contributed by atoms with Crippen molar-refractivity contribution >= 4 is 34.9 Å². The summed E-state index contributed by atoms with van der Waals surface area (Å²) in [5.74, 6) is -0.937. The van der Waals surface area contributed by atoms with Gasteiger partial charge in [-0.25, -0.2) is 9.18 Å². The Morgan fingerprint density at radius 1 is 1.16 bits per heavy atom. The predicted octanol–water partition coefficient (Wildman–Crippen LogP) is 6.52. The van der Waals surface area contributed by atoms with Crippen LogP contribution in [0.3, 0.4) is 0 Å². The number of halogens is 3. The Bertz CT molecular complexity index is 1070.